The van der Waals surface area contributed by atoms with Crippen molar-refractivity contribution in [2.45, 2.75) is 0 Å². The van der Waals surface area contributed by atoms with E-state index in [0.717, 1.165) is 12.1 Å². The van der Waals surface area contributed by atoms with Gasteiger partial charge in [-0.3, -0.25) is 0 Å². The Morgan fingerprint density at radius 1 is 0.923 bits per heavy atom. The average Bonchev–Trinajstić information content (AvgIpc) is 1.96. The van der Waals surface area contributed by atoms with Gasteiger partial charge in [-0.15, -0.1) is 0 Å². The minimum absolute atomic E-state index is 0.495. The van der Waals surface area contributed by atoms with Crippen LogP contribution >= 0.6 is 0 Å². The molecule has 0 atom stereocenters. The van der Waals surface area contributed by atoms with E-state index in [0.29, 0.717) is 6.07 Å². The maximum atomic E-state index is 12.0. The molecule has 0 unspecified atom stereocenters. The third-order valence-electron chi connectivity index (χ3n) is 0.882. The van der Waals surface area contributed by atoms with Gasteiger partial charge in [-0.05, 0) is 12.1 Å². The summed E-state index contributed by atoms with van der Waals surface area (Å²) in [6.07, 6.45) is 0. The molecule has 0 heterocycles. The maximum Gasteiger partial charge on any atom is 0.631 e. The van der Waals surface area contributed by atoms with Crippen molar-refractivity contribution in [2.75, 3.05) is 0 Å². The molecule has 72 valence electrons. The van der Waals surface area contributed by atoms with Crippen LogP contribution in [0, 0.1) is 17.5 Å². The third-order valence-corrected chi connectivity index (χ3v) is 0.882. The van der Waals surface area contributed by atoms with Gasteiger partial charge in [-0.2, -0.15) is 0 Å². The highest BCUT2D eigenvalue weighted by Gasteiger charge is 1.99. The first-order valence-electron chi connectivity index (χ1n) is 3.08. The lowest BCUT2D eigenvalue weighted by molar-refractivity contribution is 0.278. The van der Waals surface area contributed by atoms with E-state index in [1.54, 1.807) is 0 Å². The Labute approximate surface area is 72.2 Å². The highest BCUT2D eigenvalue weighted by Crippen LogP contribution is 2.05. The van der Waals surface area contributed by atoms with Crippen molar-refractivity contribution in [1.82, 2.24) is 0 Å². The molecule has 1 aromatic carbocycles. The second-order valence-corrected chi connectivity index (χ2v) is 1.90. The maximum absolute atomic E-state index is 12.0. The molecule has 0 aliphatic rings. The second kappa shape index (κ2) is 5.57. The van der Waals surface area contributed by atoms with E-state index in [-0.39, 0.29) is 0 Å². The summed E-state index contributed by atoms with van der Waals surface area (Å²) in [6, 6.07) is 2.10. The Hall–Kier alpha value is -1.05. The lowest BCUT2D eigenvalue weighted by atomic mass is 10.3. The van der Waals surface area contributed by atoms with Crippen LogP contribution in [-0.2, 0) is 0 Å². The van der Waals surface area contributed by atoms with Crippen molar-refractivity contribution in [3.05, 3.63) is 35.7 Å². The minimum Gasteiger partial charge on any atom is -0.402 e. The van der Waals surface area contributed by atoms with Gasteiger partial charge in [0, 0.05) is 6.07 Å². The van der Waals surface area contributed by atoms with Crippen LogP contribution < -0.4 is 0 Å². The molecule has 3 N–H and O–H groups in total. The summed E-state index contributed by atoms with van der Waals surface area (Å²) in [5, 5.41) is 21.5. The van der Waals surface area contributed by atoms with Crippen LogP contribution in [0.3, 0.4) is 0 Å². The molecule has 0 saturated heterocycles. The predicted molar refractivity (Wildman–Crippen MR) is 38.7 cm³/mol. The Morgan fingerprint density at radius 2 is 1.38 bits per heavy atom. The van der Waals surface area contributed by atoms with Gasteiger partial charge in [0.2, 0.25) is 0 Å². The van der Waals surface area contributed by atoms with Gasteiger partial charge in [0.05, 0.1) is 0 Å². The van der Waals surface area contributed by atoms with Crippen LogP contribution in [0.5, 0.6) is 0 Å². The third kappa shape index (κ3) is 6.15. The van der Waals surface area contributed by atoms with Gasteiger partial charge >= 0.3 is 7.32 Å². The van der Waals surface area contributed by atoms with Gasteiger partial charge in [0.15, 0.2) is 11.6 Å². The largest absolute Gasteiger partial charge is 0.631 e. The fourth-order valence-corrected chi connectivity index (χ4v) is 0.470. The normalized spacial score (nSPS) is 8.77. The molecule has 1 rings (SSSR count). The molecule has 7 heteroatoms. The van der Waals surface area contributed by atoms with Crippen molar-refractivity contribution >= 4 is 7.32 Å². The summed E-state index contributed by atoms with van der Waals surface area (Å²) in [6.45, 7) is 0. The van der Waals surface area contributed by atoms with Gasteiger partial charge in [0.25, 0.3) is 0 Å². The van der Waals surface area contributed by atoms with E-state index >= 15 is 0 Å². The van der Waals surface area contributed by atoms with Crippen LogP contribution in [0.2, 0.25) is 0 Å². The minimum atomic E-state index is -2.17. The highest BCUT2D eigenvalue weighted by atomic mass is 19.2. The molecule has 0 aromatic heterocycles. The van der Waals surface area contributed by atoms with Crippen molar-refractivity contribution in [3.8, 4) is 0 Å². The van der Waals surface area contributed by atoms with Gasteiger partial charge < -0.3 is 15.1 Å². The van der Waals surface area contributed by atoms with Crippen LogP contribution in [0.15, 0.2) is 18.2 Å². The van der Waals surface area contributed by atoms with E-state index in [9.17, 15) is 13.2 Å². The molecule has 13 heavy (non-hydrogen) atoms. The summed E-state index contributed by atoms with van der Waals surface area (Å²) < 4.78 is 35.9. The molecular weight excluding hydrogens is 188 g/mol. The summed E-state index contributed by atoms with van der Waals surface area (Å²) in [4.78, 5) is 0. The fourth-order valence-electron chi connectivity index (χ4n) is 0.470. The summed E-state index contributed by atoms with van der Waals surface area (Å²) >= 11 is 0. The Bertz CT molecular complexity index is 267. The smallest absolute Gasteiger partial charge is 0.402 e. The standard InChI is InChI=1S/C6H3F3.BH3O3/c7-4-1-2-5(8)6(9)3-4;2-1(3)4/h1-3H;2-4H. The molecule has 0 saturated carbocycles. The molecule has 0 amide bonds. The first-order chi connectivity index (χ1) is 5.93. The van der Waals surface area contributed by atoms with Crippen molar-refractivity contribution < 1.29 is 28.2 Å². The molecule has 0 aliphatic carbocycles. The van der Waals surface area contributed by atoms with Crippen LogP contribution in [0.25, 0.3) is 0 Å². The van der Waals surface area contributed by atoms with E-state index in [2.05, 4.69) is 0 Å². The molecule has 0 fully saturated rings. The van der Waals surface area contributed by atoms with Gasteiger partial charge in [-0.25, -0.2) is 13.2 Å². The zero-order chi connectivity index (χ0) is 10.4. The van der Waals surface area contributed by atoms with E-state index in [1.165, 1.54) is 0 Å². The quantitative estimate of drug-likeness (QED) is 0.404. The van der Waals surface area contributed by atoms with E-state index < -0.39 is 24.8 Å². The van der Waals surface area contributed by atoms with Crippen molar-refractivity contribution in [2.24, 2.45) is 0 Å². The van der Waals surface area contributed by atoms with Crippen LogP contribution in [-0.4, -0.2) is 22.4 Å². The number of halogens is 3. The van der Waals surface area contributed by atoms with Crippen LogP contribution in [0.4, 0.5) is 13.2 Å². The summed E-state index contributed by atoms with van der Waals surface area (Å²) in [5.74, 6) is -2.96. The van der Waals surface area contributed by atoms with Crippen LogP contribution in [0.1, 0.15) is 0 Å². The molecular formula is C6H6BF3O3. The summed E-state index contributed by atoms with van der Waals surface area (Å²) in [5.41, 5.74) is 0. The number of rotatable bonds is 0. The monoisotopic (exact) mass is 194 g/mol. The second-order valence-electron chi connectivity index (χ2n) is 1.90. The Balaban J connectivity index is 0.000000310. The lowest BCUT2D eigenvalue weighted by Gasteiger charge is -1.88. The Kier molecular flexibility index (Phi) is 5.13. The Morgan fingerprint density at radius 3 is 1.69 bits per heavy atom. The zero-order valence-electron chi connectivity index (χ0n) is 6.28. The predicted octanol–water partition coefficient (Wildman–Crippen LogP) is 0.0521. The molecule has 0 aliphatic heterocycles. The first kappa shape index (κ1) is 12.0. The number of hydrogen-bond donors (Lipinski definition) is 3. The lowest BCUT2D eigenvalue weighted by Crippen LogP contribution is -2.07. The van der Waals surface area contributed by atoms with Gasteiger partial charge in [0.1, 0.15) is 5.82 Å². The zero-order valence-corrected chi connectivity index (χ0v) is 6.28. The molecule has 0 spiro atoms. The first-order valence-corrected chi connectivity index (χ1v) is 3.08. The topological polar surface area (TPSA) is 60.7 Å². The van der Waals surface area contributed by atoms with E-state index in [1.807, 2.05) is 0 Å². The van der Waals surface area contributed by atoms with Gasteiger partial charge in [-0.1, -0.05) is 0 Å². The highest BCUT2D eigenvalue weighted by molar-refractivity contribution is 6.30. The average molecular weight is 194 g/mol. The SMILES string of the molecule is Fc1ccc(F)c(F)c1.OB(O)O. The molecule has 1 aromatic rings. The molecule has 0 radical (unpaired) electrons. The van der Waals surface area contributed by atoms with Crippen molar-refractivity contribution in [3.63, 3.8) is 0 Å². The summed E-state index contributed by atoms with van der Waals surface area (Å²) in [7, 11) is -2.17. The number of hydrogen-bond acceptors (Lipinski definition) is 3. The number of benzene rings is 1. The van der Waals surface area contributed by atoms with Crippen molar-refractivity contribution in [1.29, 1.82) is 0 Å². The fraction of sp³-hybridized carbons (Fsp3) is 0. The molecule has 0 bridgehead atoms. The van der Waals surface area contributed by atoms with E-state index in [4.69, 9.17) is 15.1 Å². The molecule has 3 nitrogen and oxygen atoms in total.